The van der Waals surface area contributed by atoms with Gasteiger partial charge in [0.05, 0.1) is 6.26 Å². The molecule has 8 heteroatoms. The molecule has 6 nitrogen and oxygen atoms in total. The quantitative estimate of drug-likeness (QED) is 0.577. The van der Waals surface area contributed by atoms with Gasteiger partial charge in [0.2, 0.25) is 10.0 Å². The molecule has 0 bridgehead atoms. The number of fused-ring (bicyclic) bond motifs is 1. The monoisotopic (exact) mass is 482 g/mol. The van der Waals surface area contributed by atoms with E-state index in [1.54, 1.807) is 41.0 Å². The minimum atomic E-state index is -3.84. The number of ketones is 1. The number of benzene rings is 2. The van der Waals surface area contributed by atoms with Crippen LogP contribution in [0.2, 0.25) is 5.02 Å². The molecule has 0 spiro atoms. The van der Waals surface area contributed by atoms with Crippen molar-refractivity contribution in [1.82, 2.24) is 9.29 Å². The Kier molecular flexibility index (Phi) is 6.03. The highest BCUT2D eigenvalue weighted by molar-refractivity contribution is 7.89. The molecule has 0 saturated heterocycles. The van der Waals surface area contributed by atoms with Crippen molar-refractivity contribution >= 4 is 49.8 Å². The van der Waals surface area contributed by atoms with E-state index in [-0.39, 0.29) is 17.9 Å². The largest absolute Gasteiger partial charge is 0.331 e. The minimum absolute atomic E-state index is 0.107. The maximum absolute atomic E-state index is 13.4. The van der Waals surface area contributed by atoms with E-state index in [0.29, 0.717) is 33.6 Å². The summed E-state index contributed by atoms with van der Waals surface area (Å²) in [6.07, 6.45) is 6.28. The average Bonchev–Trinajstić information content (AvgIpc) is 3.03. The van der Waals surface area contributed by atoms with Crippen LogP contribution in [0.5, 0.6) is 0 Å². The molecule has 1 N–H and O–H groups in total. The Balaban J connectivity index is 2.08. The number of halogens is 1. The molecule has 0 unspecified atom stereocenters. The summed E-state index contributed by atoms with van der Waals surface area (Å²) in [5.74, 6) is -0.952. The predicted molar refractivity (Wildman–Crippen MR) is 131 cm³/mol. The van der Waals surface area contributed by atoms with Gasteiger partial charge in [0.1, 0.15) is 5.69 Å². The Labute approximate surface area is 197 Å². The molecular weight excluding hydrogens is 460 g/mol. The maximum Gasteiger partial charge on any atom is 0.282 e. The van der Waals surface area contributed by atoms with Gasteiger partial charge < -0.3 is 4.57 Å². The van der Waals surface area contributed by atoms with Crippen LogP contribution in [0.15, 0.2) is 54.6 Å². The Morgan fingerprint density at radius 1 is 1.15 bits per heavy atom. The summed E-state index contributed by atoms with van der Waals surface area (Å²) in [4.78, 5) is 26.2. The van der Waals surface area contributed by atoms with Crippen molar-refractivity contribution < 1.29 is 18.0 Å². The van der Waals surface area contributed by atoms with Crippen LogP contribution in [-0.2, 0) is 21.4 Å². The molecule has 0 aliphatic heterocycles. The van der Waals surface area contributed by atoms with Crippen molar-refractivity contribution in [2.75, 3.05) is 6.26 Å². The summed E-state index contributed by atoms with van der Waals surface area (Å²) in [5, 5.41) is 1.06. The number of rotatable bonds is 5. The number of carbonyl (C=O) groups is 2. The lowest BCUT2D eigenvalue weighted by Crippen LogP contribution is -2.32. The molecule has 1 heterocycles. The molecule has 1 aliphatic carbocycles. The Morgan fingerprint density at radius 2 is 1.85 bits per heavy atom. The third-order valence-electron chi connectivity index (χ3n) is 5.75. The standard InChI is InChI=1S/C25H23ClN2O4S/c1-15-7-6-8-16(2)20(15)14-28-21-12-11-17(26)13-19(21)23(18-9-4-5-10-22(18)29)24(28)25(30)27-33(3,31)32/h4-9,11-13H,10,14H2,1-3H3,(H,27,30). The van der Waals surface area contributed by atoms with E-state index in [2.05, 4.69) is 4.72 Å². The Morgan fingerprint density at radius 3 is 2.48 bits per heavy atom. The molecule has 1 amide bonds. The molecule has 4 rings (SSSR count). The van der Waals surface area contributed by atoms with Gasteiger partial charge in [-0.1, -0.05) is 48.0 Å². The van der Waals surface area contributed by atoms with Gasteiger partial charge >= 0.3 is 0 Å². The first kappa shape index (κ1) is 23.0. The van der Waals surface area contributed by atoms with Gasteiger partial charge in [-0.25, -0.2) is 13.1 Å². The number of hydrogen-bond acceptors (Lipinski definition) is 4. The Bertz CT molecular complexity index is 1460. The highest BCUT2D eigenvalue weighted by Crippen LogP contribution is 2.36. The summed E-state index contributed by atoms with van der Waals surface area (Å²) < 4.78 is 27.8. The van der Waals surface area contributed by atoms with Crippen LogP contribution in [0, 0.1) is 13.8 Å². The lowest BCUT2D eigenvalue weighted by Gasteiger charge is -2.16. The maximum atomic E-state index is 13.4. The summed E-state index contributed by atoms with van der Waals surface area (Å²) in [6.45, 7) is 4.29. The van der Waals surface area contributed by atoms with E-state index in [1.807, 2.05) is 32.0 Å². The molecule has 3 aromatic rings. The Hall–Kier alpha value is -3.16. The average molecular weight is 483 g/mol. The number of aromatic nitrogens is 1. The fourth-order valence-corrected chi connectivity index (χ4v) is 4.84. The van der Waals surface area contributed by atoms with Crippen molar-refractivity contribution in [2.45, 2.75) is 26.8 Å². The first-order valence-corrected chi connectivity index (χ1v) is 12.6. The lowest BCUT2D eigenvalue weighted by molar-refractivity contribution is -0.113. The van der Waals surface area contributed by atoms with Gasteiger partial charge in [-0.2, -0.15) is 0 Å². The van der Waals surface area contributed by atoms with Crippen LogP contribution in [0.1, 0.15) is 39.2 Å². The molecule has 0 radical (unpaired) electrons. The van der Waals surface area contributed by atoms with Gasteiger partial charge in [-0.3, -0.25) is 9.59 Å². The molecule has 1 aliphatic rings. The van der Waals surface area contributed by atoms with E-state index in [9.17, 15) is 18.0 Å². The number of carbonyl (C=O) groups excluding carboxylic acids is 2. The highest BCUT2D eigenvalue weighted by Gasteiger charge is 2.29. The second-order valence-corrected chi connectivity index (χ2v) is 10.4. The van der Waals surface area contributed by atoms with Gasteiger partial charge in [0.25, 0.3) is 5.91 Å². The number of hydrogen-bond donors (Lipinski definition) is 1. The molecule has 0 atom stereocenters. The van der Waals surface area contributed by atoms with Crippen LogP contribution < -0.4 is 4.72 Å². The van der Waals surface area contributed by atoms with Crippen molar-refractivity contribution in [3.8, 4) is 0 Å². The zero-order valence-electron chi connectivity index (χ0n) is 18.5. The molecule has 0 saturated carbocycles. The van der Waals surface area contributed by atoms with E-state index in [0.717, 1.165) is 22.9 Å². The molecule has 1 aromatic heterocycles. The van der Waals surface area contributed by atoms with Gasteiger partial charge in [-0.15, -0.1) is 0 Å². The van der Waals surface area contributed by atoms with Gasteiger partial charge in [-0.05, 0) is 48.7 Å². The number of amides is 1. The fourth-order valence-electron chi connectivity index (χ4n) is 4.24. The number of sulfonamides is 1. The van der Waals surface area contributed by atoms with Crippen molar-refractivity contribution in [2.24, 2.45) is 0 Å². The van der Waals surface area contributed by atoms with Crippen molar-refractivity contribution in [3.05, 3.63) is 87.6 Å². The zero-order valence-corrected chi connectivity index (χ0v) is 20.0. The number of nitrogens with zero attached hydrogens (tertiary/aromatic N) is 1. The first-order valence-electron chi connectivity index (χ1n) is 10.4. The fraction of sp³-hybridized carbons (Fsp3) is 0.200. The summed E-state index contributed by atoms with van der Waals surface area (Å²) in [6, 6.07) is 11.1. The van der Waals surface area contributed by atoms with E-state index in [4.69, 9.17) is 11.6 Å². The molecule has 2 aromatic carbocycles. The van der Waals surface area contributed by atoms with Crippen LogP contribution in [0.4, 0.5) is 0 Å². The number of Topliss-reactive ketones (excluding diaryl/α,β-unsaturated/α-hetero) is 1. The number of nitrogens with one attached hydrogen (secondary N) is 1. The van der Waals surface area contributed by atoms with Crippen molar-refractivity contribution in [3.63, 3.8) is 0 Å². The second kappa shape index (κ2) is 8.65. The SMILES string of the molecule is Cc1cccc(C)c1Cn1c(C(=O)NS(C)(=O)=O)c(C2=CC=CCC2=O)c2cc(Cl)ccc21. The third kappa shape index (κ3) is 4.51. The van der Waals surface area contributed by atoms with Crippen LogP contribution in [0.25, 0.3) is 16.5 Å². The second-order valence-electron chi connectivity index (χ2n) is 8.18. The topological polar surface area (TPSA) is 85.2 Å². The number of aryl methyl sites for hydroxylation is 2. The van der Waals surface area contributed by atoms with Gasteiger partial charge in [0, 0.05) is 40.0 Å². The lowest BCUT2D eigenvalue weighted by atomic mass is 9.93. The van der Waals surface area contributed by atoms with E-state index in [1.165, 1.54) is 0 Å². The molecule has 170 valence electrons. The smallest absolute Gasteiger partial charge is 0.282 e. The van der Waals surface area contributed by atoms with Crippen LogP contribution in [-0.4, -0.2) is 30.9 Å². The summed E-state index contributed by atoms with van der Waals surface area (Å²) >= 11 is 6.30. The van der Waals surface area contributed by atoms with Gasteiger partial charge in [0.15, 0.2) is 5.78 Å². The highest BCUT2D eigenvalue weighted by atomic mass is 35.5. The van der Waals surface area contributed by atoms with Crippen LogP contribution >= 0.6 is 11.6 Å². The van der Waals surface area contributed by atoms with Crippen LogP contribution in [0.3, 0.4) is 0 Å². The minimum Gasteiger partial charge on any atom is -0.331 e. The first-order chi connectivity index (χ1) is 15.6. The molecule has 33 heavy (non-hydrogen) atoms. The molecule has 0 fully saturated rings. The normalized spacial score (nSPS) is 13.9. The summed E-state index contributed by atoms with van der Waals surface area (Å²) in [5.41, 5.74) is 4.61. The number of allylic oxidation sites excluding steroid dienone is 4. The third-order valence-corrected chi connectivity index (χ3v) is 6.54. The van der Waals surface area contributed by atoms with Crippen molar-refractivity contribution in [1.29, 1.82) is 0 Å². The van der Waals surface area contributed by atoms with E-state index < -0.39 is 15.9 Å². The molecular formula is C25H23ClN2O4S. The summed E-state index contributed by atoms with van der Waals surface area (Å²) in [7, 11) is -3.84. The van der Waals surface area contributed by atoms with E-state index >= 15 is 0 Å². The predicted octanol–water partition coefficient (Wildman–Crippen LogP) is 4.56. The zero-order chi connectivity index (χ0) is 23.9.